The highest BCUT2D eigenvalue weighted by molar-refractivity contribution is 6.32. The van der Waals surface area contributed by atoms with Gasteiger partial charge < -0.3 is 15.3 Å². The average molecular weight is 298 g/mol. The number of halogens is 2. The van der Waals surface area contributed by atoms with E-state index in [0.29, 0.717) is 24.0 Å². The Morgan fingerprint density at radius 3 is 2.10 bits per heavy atom. The van der Waals surface area contributed by atoms with Gasteiger partial charge in [-0.3, -0.25) is 0 Å². The molecule has 0 atom stereocenters. The topological polar surface area (TPSA) is 65.6 Å². The molecule has 1 aliphatic carbocycles. The van der Waals surface area contributed by atoms with Crippen molar-refractivity contribution in [1.29, 1.82) is 0 Å². The maximum atomic E-state index is 14.0. The van der Waals surface area contributed by atoms with E-state index in [4.69, 9.17) is 11.6 Å². The maximum Gasteiger partial charge on any atom is 0.202 e. The van der Waals surface area contributed by atoms with Gasteiger partial charge in [0.05, 0.1) is 10.7 Å². The molecule has 3 N–H and O–H groups in total. The average Bonchev–Trinajstić information content (AvgIpc) is 2.68. The summed E-state index contributed by atoms with van der Waals surface area (Å²) >= 11 is 5.63. The molecule has 1 aliphatic rings. The highest BCUT2D eigenvalue weighted by atomic mass is 35.5. The van der Waals surface area contributed by atoms with Gasteiger partial charge in [-0.2, -0.15) is 0 Å². The third kappa shape index (κ3) is 1.81. The summed E-state index contributed by atoms with van der Waals surface area (Å²) in [7, 11) is 0. The Morgan fingerprint density at radius 2 is 1.55 bits per heavy atom. The molecule has 0 amide bonds. The Labute approximate surface area is 119 Å². The van der Waals surface area contributed by atoms with E-state index >= 15 is 0 Å². The fraction of sp³-hybridized carbons (Fsp3) is 0.286. The number of hydrogen-bond acceptors (Lipinski definition) is 3. The van der Waals surface area contributed by atoms with E-state index in [0.717, 1.165) is 29.5 Å². The zero-order valence-corrected chi connectivity index (χ0v) is 11.3. The molecule has 0 aliphatic heterocycles. The minimum absolute atomic E-state index is 0.123. The molecule has 0 spiro atoms. The number of rotatable bonds is 1. The standard InChI is InChI=1S/C14H13ClFNO3/c15-9-5-10(16)11(6-12(9)18)17-13(19)7-3-1-2-4-8(7)14(17)20/h5-6,18-20H,1-4H2. The second-order valence-corrected chi connectivity index (χ2v) is 5.31. The van der Waals surface area contributed by atoms with Crippen LogP contribution in [0.5, 0.6) is 17.5 Å². The zero-order chi connectivity index (χ0) is 14.4. The molecule has 3 rings (SSSR count). The van der Waals surface area contributed by atoms with Gasteiger partial charge >= 0.3 is 0 Å². The van der Waals surface area contributed by atoms with Gasteiger partial charge in [-0.1, -0.05) is 11.6 Å². The number of benzene rings is 1. The van der Waals surface area contributed by atoms with Crippen LogP contribution in [0.25, 0.3) is 5.69 Å². The van der Waals surface area contributed by atoms with Crippen molar-refractivity contribution < 1.29 is 19.7 Å². The third-order valence-electron chi connectivity index (χ3n) is 3.69. The van der Waals surface area contributed by atoms with Crippen LogP contribution in [0.2, 0.25) is 5.02 Å². The van der Waals surface area contributed by atoms with Crippen LogP contribution in [0.15, 0.2) is 12.1 Å². The van der Waals surface area contributed by atoms with E-state index < -0.39 is 5.82 Å². The molecule has 0 fully saturated rings. The first-order valence-electron chi connectivity index (χ1n) is 6.33. The Morgan fingerprint density at radius 1 is 1.00 bits per heavy atom. The number of aromatic nitrogens is 1. The molecular formula is C14H13ClFNO3. The first-order chi connectivity index (χ1) is 9.50. The molecule has 20 heavy (non-hydrogen) atoms. The van der Waals surface area contributed by atoms with Crippen LogP contribution < -0.4 is 0 Å². The van der Waals surface area contributed by atoms with Crippen molar-refractivity contribution in [3.05, 3.63) is 34.1 Å². The summed E-state index contributed by atoms with van der Waals surface area (Å²) in [6.45, 7) is 0. The molecule has 0 saturated carbocycles. The smallest absolute Gasteiger partial charge is 0.202 e. The summed E-state index contributed by atoms with van der Waals surface area (Å²) in [5.41, 5.74) is 1.15. The molecule has 0 saturated heterocycles. The number of phenols is 1. The summed E-state index contributed by atoms with van der Waals surface area (Å²) in [5.74, 6) is -1.41. The summed E-state index contributed by atoms with van der Waals surface area (Å²) in [6, 6.07) is 2.03. The molecule has 4 nitrogen and oxygen atoms in total. The second-order valence-electron chi connectivity index (χ2n) is 4.90. The lowest BCUT2D eigenvalue weighted by molar-refractivity contribution is 0.395. The van der Waals surface area contributed by atoms with Crippen molar-refractivity contribution in [3.63, 3.8) is 0 Å². The molecular weight excluding hydrogens is 285 g/mol. The van der Waals surface area contributed by atoms with Crippen molar-refractivity contribution in [3.8, 4) is 23.2 Å². The van der Waals surface area contributed by atoms with Gasteiger partial charge in [0, 0.05) is 17.2 Å². The first kappa shape index (κ1) is 13.1. The molecule has 1 aromatic carbocycles. The highest BCUT2D eigenvalue weighted by Crippen LogP contribution is 2.42. The number of hydrogen-bond donors (Lipinski definition) is 3. The van der Waals surface area contributed by atoms with Crippen LogP contribution in [0, 0.1) is 5.82 Å². The summed E-state index contributed by atoms with van der Waals surface area (Å²) in [6.07, 6.45) is 3.11. The Bertz CT molecular complexity index is 667. The van der Waals surface area contributed by atoms with Crippen LogP contribution >= 0.6 is 11.6 Å². The minimum atomic E-state index is -0.731. The van der Waals surface area contributed by atoms with Crippen molar-refractivity contribution >= 4 is 11.6 Å². The Balaban J connectivity index is 2.25. The molecule has 106 valence electrons. The van der Waals surface area contributed by atoms with Gasteiger partial charge in [0.2, 0.25) is 11.8 Å². The van der Waals surface area contributed by atoms with Crippen molar-refractivity contribution in [2.24, 2.45) is 0 Å². The van der Waals surface area contributed by atoms with Crippen molar-refractivity contribution in [2.45, 2.75) is 25.7 Å². The fourth-order valence-electron chi connectivity index (χ4n) is 2.70. The number of fused-ring (bicyclic) bond motifs is 1. The van der Waals surface area contributed by atoms with Gasteiger partial charge in [-0.25, -0.2) is 8.96 Å². The molecule has 1 aromatic heterocycles. The van der Waals surface area contributed by atoms with E-state index in [9.17, 15) is 19.7 Å². The van der Waals surface area contributed by atoms with Gasteiger partial charge in [0.1, 0.15) is 11.6 Å². The van der Waals surface area contributed by atoms with Crippen LogP contribution in [-0.2, 0) is 12.8 Å². The maximum absolute atomic E-state index is 14.0. The zero-order valence-electron chi connectivity index (χ0n) is 10.5. The SMILES string of the molecule is Oc1cc(-n2c(O)c3c(c2O)CCCC3)c(F)cc1Cl. The Hall–Kier alpha value is -1.88. The lowest BCUT2D eigenvalue weighted by Crippen LogP contribution is -1.98. The third-order valence-corrected chi connectivity index (χ3v) is 3.99. The van der Waals surface area contributed by atoms with Crippen molar-refractivity contribution in [1.82, 2.24) is 4.57 Å². The molecule has 1 heterocycles. The Kier molecular flexibility index (Phi) is 3.01. The van der Waals surface area contributed by atoms with Gasteiger partial charge in [0.25, 0.3) is 0 Å². The quantitative estimate of drug-likeness (QED) is 0.757. The molecule has 6 heteroatoms. The first-order valence-corrected chi connectivity index (χ1v) is 6.71. The normalized spacial score (nSPS) is 14.3. The molecule has 2 aromatic rings. The summed E-state index contributed by atoms with van der Waals surface area (Å²) < 4.78 is 15.0. The fourth-order valence-corrected chi connectivity index (χ4v) is 2.85. The number of aromatic hydroxyl groups is 3. The number of nitrogens with zero attached hydrogens (tertiary/aromatic N) is 1. The summed E-state index contributed by atoms with van der Waals surface area (Å²) in [5, 5.41) is 29.9. The molecule has 0 unspecified atom stereocenters. The van der Waals surface area contributed by atoms with E-state index in [1.165, 1.54) is 0 Å². The lowest BCUT2D eigenvalue weighted by Gasteiger charge is -2.09. The van der Waals surface area contributed by atoms with Crippen LogP contribution in [0.3, 0.4) is 0 Å². The van der Waals surface area contributed by atoms with Crippen molar-refractivity contribution in [2.75, 3.05) is 0 Å². The monoisotopic (exact) mass is 297 g/mol. The van der Waals surface area contributed by atoms with Crippen LogP contribution in [0.1, 0.15) is 24.0 Å². The van der Waals surface area contributed by atoms with Gasteiger partial charge in [-0.15, -0.1) is 0 Å². The van der Waals surface area contributed by atoms with E-state index in [-0.39, 0.29) is 28.2 Å². The lowest BCUT2D eigenvalue weighted by atomic mass is 9.95. The second kappa shape index (κ2) is 4.59. The van der Waals surface area contributed by atoms with Crippen LogP contribution in [0.4, 0.5) is 4.39 Å². The van der Waals surface area contributed by atoms with E-state index in [1.807, 2.05) is 0 Å². The largest absolute Gasteiger partial charge is 0.506 e. The molecule has 0 bridgehead atoms. The van der Waals surface area contributed by atoms with Gasteiger partial charge in [-0.05, 0) is 31.7 Å². The van der Waals surface area contributed by atoms with Crippen LogP contribution in [-0.4, -0.2) is 19.9 Å². The molecule has 0 radical (unpaired) electrons. The number of phenolic OH excluding ortho intramolecular Hbond substituents is 1. The summed E-state index contributed by atoms with van der Waals surface area (Å²) in [4.78, 5) is 0. The predicted molar refractivity (Wildman–Crippen MR) is 72.4 cm³/mol. The minimum Gasteiger partial charge on any atom is -0.506 e. The van der Waals surface area contributed by atoms with E-state index in [1.54, 1.807) is 0 Å². The predicted octanol–water partition coefficient (Wildman–Crippen LogP) is 3.27. The van der Waals surface area contributed by atoms with Gasteiger partial charge in [0.15, 0.2) is 0 Å². The van der Waals surface area contributed by atoms with E-state index in [2.05, 4.69) is 0 Å². The highest BCUT2D eigenvalue weighted by Gasteiger charge is 2.26.